The summed E-state index contributed by atoms with van der Waals surface area (Å²) in [6.07, 6.45) is 1.60. The number of aromatic nitrogens is 2. The van der Waals surface area contributed by atoms with Crippen LogP contribution in [-0.2, 0) is 0 Å². The molecule has 4 nitrogen and oxygen atoms in total. The summed E-state index contributed by atoms with van der Waals surface area (Å²) in [4.78, 5) is 12.1. The van der Waals surface area contributed by atoms with Gasteiger partial charge in [-0.3, -0.25) is 4.79 Å². The van der Waals surface area contributed by atoms with Crippen molar-refractivity contribution < 1.29 is 4.79 Å². The predicted octanol–water partition coefficient (Wildman–Crippen LogP) is 3.22. The Bertz CT molecular complexity index is 602. The maximum atomic E-state index is 12.1. The van der Waals surface area contributed by atoms with E-state index in [0.29, 0.717) is 23.0 Å². The van der Waals surface area contributed by atoms with Gasteiger partial charge in [-0.2, -0.15) is 5.10 Å². The number of amides is 1. The van der Waals surface area contributed by atoms with E-state index < -0.39 is 0 Å². The van der Waals surface area contributed by atoms with Crippen molar-refractivity contribution in [3.05, 3.63) is 46.7 Å². The fraction of sp³-hybridized carbons (Fsp3) is 0.333. The smallest absolute Gasteiger partial charge is 0.254 e. The molecule has 1 amide bonds. The summed E-state index contributed by atoms with van der Waals surface area (Å²) in [6, 6.07) is 7.35. The van der Waals surface area contributed by atoms with Crippen molar-refractivity contribution in [3.8, 4) is 5.69 Å². The van der Waals surface area contributed by atoms with E-state index >= 15 is 0 Å². The lowest BCUT2D eigenvalue weighted by Crippen LogP contribution is -2.27. The minimum absolute atomic E-state index is 0.0867. The Morgan fingerprint density at radius 2 is 2.00 bits per heavy atom. The number of carbonyl (C=O) groups excluding carboxylic acids is 1. The molecule has 0 aliphatic carbocycles. The molecule has 1 aromatic heterocycles. The van der Waals surface area contributed by atoms with Gasteiger partial charge in [0.1, 0.15) is 0 Å². The highest BCUT2D eigenvalue weighted by Gasteiger charge is 2.15. The van der Waals surface area contributed by atoms with E-state index in [4.69, 9.17) is 11.6 Å². The first kappa shape index (κ1) is 14.6. The van der Waals surface area contributed by atoms with Crippen molar-refractivity contribution >= 4 is 17.5 Å². The first-order valence-electron chi connectivity index (χ1n) is 6.58. The normalized spacial score (nSPS) is 10.8. The minimum atomic E-state index is -0.0867. The lowest BCUT2D eigenvalue weighted by Gasteiger charge is -2.08. The van der Waals surface area contributed by atoms with Gasteiger partial charge in [-0.05, 0) is 37.1 Å². The molecule has 0 aliphatic rings. The Morgan fingerprint density at radius 3 is 2.60 bits per heavy atom. The zero-order valence-corrected chi connectivity index (χ0v) is 12.6. The molecule has 1 aromatic carbocycles. The average molecular weight is 292 g/mol. The largest absolute Gasteiger partial charge is 0.352 e. The van der Waals surface area contributed by atoms with Crippen LogP contribution in [0.5, 0.6) is 0 Å². The van der Waals surface area contributed by atoms with Crippen molar-refractivity contribution in [1.82, 2.24) is 15.1 Å². The quantitative estimate of drug-likeness (QED) is 0.940. The summed E-state index contributed by atoms with van der Waals surface area (Å²) in [5.74, 6) is 0.335. The van der Waals surface area contributed by atoms with Crippen LogP contribution in [0.25, 0.3) is 5.69 Å². The first-order chi connectivity index (χ1) is 9.49. The molecule has 20 heavy (non-hydrogen) atoms. The topological polar surface area (TPSA) is 46.9 Å². The van der Waals surface area contributed by atoms with Gasteiger partial charge in [-0.1, -0.05) is 25.4 Å². The lowest BCUT2D eigenvalue weighted by atomic mass is 10.2. The zero-order chi connectivity index (χ0) is 14.7. The third kappa shape index (κ3) is 3.20. The van der Waals surface area contributed by atoms with Gasteiger partial charge in [0.2, 0.25) is 0 Å². The number of carbonyl (C=O) groups is 1. The summed E-state index contributed by atoms with van der Waals surface area (Å²) in [5, 5.41) is 7.85. The number of benzene rings is 1. The third-order valence-corrected chi connectivity index (χ3v) is 3.25. The summed E-state index contributed by atoms with van der Waals surface area (Å²) in [5.41, 5.74) is 2.30. The van der Waals surface area contributed by atoms with Crippen molar-refractivity contribution in [2.45, 2.75) is 20.8 Å². The predicted molar refractivity (Wildman–Crippen MR) is 80.5 cm³/mol. The summed E-state index contributed by atoms with van der Waals surface area (Å²) in [7, 11) is 0. The maximum Gasteiger partial charge on any atom is 0.254 e. The first-order valence-corrected chi connectivity index (χ1v) is 6.95. The van der Waals surface area contributed by atoms with Crippen LogP contribution in [0.1, 0.15) is 29.9 Å². The standard InChI is InChI=1S/C15H18ClN3O/c1-10(2)8-17-15(20)14-9-18-19(11(14)3)13-6-4-12(16)5-7-13/h4-7,9-10H,8H2,1-3H3,(H,17,20). The molecule has 2 aromatic rings. The number of halogens is 1. The monoisotopic (exact) mass is 291 g/mol. The van der Waals surface area contributed by atoms with Crippen molar-refractivity contribution in [3.63, 3.8) is 0 Å². The van der Waals surface area contributed by atoms with Crippen LogP contribution in [0.15, 0.2) is 30.5 Å². The maximum absolute atomic E-state index is 12.1. The molecule has 0 unspecified atom stereocenters. The van der Waals surface area contributed by atoms with Crippen LogP contribution in [0.2, 0.25) is 5.02 Å². The van der Waals surface area contributed by atoms with Gasteiger partial charge in [0.15, 0.2) is 0 Å². The highest BCUT2D eigenvalue weighted by atomic mass is 35.5. The van der Waals surface area contributed by atoms with E-state index in [0.717, 1.165) is 11.4 Å². The molecule has 0 spiro atoms. The molecular weight excluding hydrogens is 274 g/mol. The van der Waals surface area contributed by atoms with E-state index in [1.165, 1.54) is 0 Å². The average Bonchev–Trinajstić information content (AvgIpc) is 2.79. The Kier molecular flexibility index (Phi) is 4.45. The van der Waals surface area contributed by atoms with Crippen LogP contribution in [0.4, 0.5) is 0 Å². The van der Waals surface area contributed by atoms with Crippen LogP contribution in [-0.4, -0.2) is 22.2 Å². The van der Waals surface area contributed by atoms with Gasteiger partial charge in [-0.15, -0.1) is 0 Å². The Balaban J connectivity index is 2.22. The van der Waals surface area contributed by atoms with E-state index in [-0.39, 0.29) is 5.91 Å². The van der Waals surface area contributed by atoms with Crippen LogP contribution >= 0.6 is 11.6 Å². The van der Waals surface area contributed by atoms with E-state index in [1.54, 1.807) is 23.0 Å². The van der Waals surface area contributed by atoms with Gasteiger partial charge in [0.05, 0.1) is 23.1 Å². The lowest BCUT2D eigenvalue weighted by molar-refractivity contribution is 0.0948. The van der Waals surface area contributed by atoms with Crippen molar-refractivity contribution in [2.24, 2.45) is 5.92 Å². The van der Waals surface area contributed by atoms with E-state index in [9.17, 15) is 4.79 Å². The second-order valence-corrected chi connectivity index (χ2v) is 5.57. The molecule has 0 saturated heterocycles. The summed E-state index contributed by atoms with van der Waals surface area (Å²) in [6.45, 7) is 6.66. The molecule has 0 saturated carbocycles. The number of nitrogens with one attached hydrogen (secondary N) is 1. The highest BCUT2D eigenvalue weighted by Crippen LogP contribution is 2.16. The van der Waals surface area contributed by atoms with Crippen molar-refractivity contribution in [1.29, 1.82) is 0 Å². The van der Waals surface area contributed by atoms with E-state index in [1.807, 2.05) is 19.1 Å². The summed E-state index contributed by atoms with van der Waals surface area (Å²) < 4.78 is 1.74. The second kappa shape index (κ2) is 6.09. The number of hydrogen-bond donors (Lipinski definition) is 1. The molecule has 1 heterocycles. The van der Waals surface area contributed by atoms with Crippen LogP contribution in [0, 0.1) is 12.8 Å². The third-order valence-electron chi connectivity index (χ3n) is 3.00. The fourth-order valence-corrected chi connectivity index (χ4v) is 1.99. The number of nitrogens with zero attached hydrogens (tertiary/aromatic N) is 2. The van der Waals surface area contributed by atoms with Crippen molar-refractivity contribution in [2.75, 3.05) is 6.54 Å². The number of hydrogen-bond acceptors (Lipinski definition) is 2. The van der Waals surface area contributed by atoms with Gasteiger partial charge >= 0.3 is 0 Å². The molecule has 0 aliphatic heterocycles. The highest BCUT2D eigenvalue weighted by molar-refractivity contribution is 6.30. The fourth-order valence-electron chi connectivity index (χ4n) is 1.87. The molecule has 106 valence electrons. The van der Waals surface area contributed by atoms with E-state index in [2.05, 4.69) is 24.3 Å². The zero-order valence-electron chi connectivity index (χ0n) is 11.9. The van der Waals surface area contributed by atoms with Gasteiger partial charge < -0.3 is 5.32 Å². The molecule has 0 radical (unpaired) electrons. The molecule has 0 atom stereocenters. The van der Waals surface area contributed by atoms with Gasteiger partial charge in [0, 0.05) is 11.6 Å². The Morgan fingerprint density at radius 1 is 1.35 bits per heavy atom. The van der Waals surface area contributed by atoms with Crippen LogP contribution in [0.3, 0.4) is 0 Å². The molecule has 5 heteroatoms. The molecular formula is C15H18ClN3O. The SMILES string of the molecule is Cc1c(C(=O)NCC(C)C)cnn1-c1ccc(Cl)cc1. The summed E-state index contributed by atoms with van der Waals surface area (Å²) >= 11 is 5.87. The molecule has 0 bridgehead atoms. The molecule has 1 N–H and O–H groups in total. The van der Waals surface area contributed by atoms with Crippen LogP contribution < -0.4 is 5.32 Å². The molecule has 0 fully saturated rings. The second-order valence-electron chi connectivity index (χ2n) is 5.14. The Hall–Kier alpha value is -1.81. The Labute approximate surface area is 123 Å². The number of rotatable bonds is 4. The van der Waals surface area contributed by atoms with Gasteiger partial charge in [0.25, 0.3) is 5.91 Å². The van der Waals surface area contributed by atoms with Gasteiger partial charge in [-0.25, -0.2) is 4.68 Å². The minimum Gasteiger partial charge on any atom is -0.352 e. The molecule has 2 rings (SSSR count).